The van der Waals surface area contributed by atoms with Gasteiger partial charge in [0, 0.05) is 18.7 Å². The first-order valence-electron chi connectivity index (χ1n) is 6.30. The Morgan fingerprint density at radius 1 is 1.50 bits per heavy atom. The molecule has 0 spiro atoms. The van der Waals surface area contributed by atoms with Crippen molar-refractivity contribution in [1.29, 1.82) is 0 Å². The van der Waals surface area contributed by atoms with Crippen LogP contribution in [0.25, 0.3) is 0 Å². The van der Waals surface area contributed by atoms with Gasteiger partial charge in [0.15, 0.2) is 0 Å². The highest BCUT2D eigenvalue weighted by molar-refractivity contribution is 5.82. The number of carbonyl (C=O) groups excluding carboxylic acids is 1. The SMILES string of the molecule is CCC[C@H](NC(=O)N1CC=C(C(F)(F)F)CC1)C(=O)O. The fourth-order valence-electron chi connectivity index (χ4n) is 1.90. The Morgan fingerprint density at radius 3 is 2.55 bits per heavy atom. The van der Waals surface area contributed by atoms with Crippen LogP contribution in [0, 0.1) is 0 Å². The van der Waals surface area contributed by atoms with Gasteiger partial charge in [-0.15, -0.1) is 0 Å². The molecule has 0 bridgehead atoms. The summed E-state index contributed by atoms with van der Waals surface area (Å²) in [5.41, 5.74) is -0.648. The zero-order valence-electron chi connectivity index (χ0n) is 11.0. The topological polar surface area (TPSA) is 69.6 Å². The summed E-state index contributed by atoms with van der Waals surface area (Å²) in [7, 11) is 0. The number of carboxylic acid groups (broad SMARTS) is 1. The summed E-state index contributed by atoms with van der Waals surface area (Å²) in [4.78, 5) is 23.8. The van der Waals surface area contributed by atoms with Crippen LogP contribution in [0.3, 0.4) is 0 Å². The summed E-state index contributed by atoms with van der Waals surface area (Å²) < 4.78 is 37.3. The first kappa shape index (κ1) is 16.3. The molecule has 2 amide bonds. The fraction of sp³-hybridized carbons (Fsp3) is 0.667. The minimum Gasteiger partial charge on any atom is -0.480 e. The maximum absolute atomic E-state index is 12.4. The highest BCUT2D eigenvalue weighted by atomic mass is 19.4. The van der Waals surface area contributed by atoms with Crippen LogP contribution in [-0.4, -0.2) is 47.3 Å². The van der Waals surface area contributed by atoms with E-state index in [1.54, 1.807) is 6.92 Å². The third-order valence-corrected chi connectivity index (χ3v) is 3.03. The molecule has 2 N–H and O–H groups in total. The molecule has 20 heavy (non-hydrogen) atoms. The van der Waals surface area contributed by atoms with Gasteiger partial charge in [0.1, 0.15) is 6.04 Å². The number of halogens is 3. The van der Waals surface area contributed by atoms with Crippen LogP contribution >= 0.6 is 0 Å². The molecular formula is C12H17F3N2O3. The Morgan fingerprint density at radius 2 is 2.15 bits per heavy atom. The molecule has 0 aromatic carbocycles. The number of carbonyl (C=O) groups is 2. The quantitative estimate of drug-likeness (QED) is 0.780. The van der Waals surface area contributed by atoms with Gasteiger partial charge in [-0.05, 0) is 12.8 Å². The zero-order chi connectivity index (χ0) is 15.3. The number of hydrogen-bond acceptors (Lipinski definition) is 2. The molecule has 114 valence electrons. The second kappa shape index (κ2) is 6.62. The number of nitrogens with one attached hydrogen (secondary N) is 1. The average Bonchev–Trinajstić information content (AvgIpc) is 2.37. The third-order valence-electron chi connectivity index (χ3n) is 3.03. The number of aliphatic carboxylic acids is 1. The maximum Gasteiger partial charge on any atom is 0.412 e. The lowest BCUT2D eigenvalue weighted by Gasteiger charge is -2.28. The molecule has 1 aliphatic rings. The zero-order valence-corrected chi connectivity index (χ0v) is 11.0. The molecule has 1 aliphatic heterocycles. The van der Waals surface area contributed by atoms with Crippen molar-refractivity contribution in [2.45, 2.75) is 38.4 Å². The molecule has 8 heteroatoms. The summed E-state index contributed by atoms with van der Waals surface area (Å²) in [6.07, 6.45) is -2.83. The molecule has 0 unspecified atom stereocenters. The van der Waals surface area contributed by atoms with E-state index >= 15 is 0 Å². The van der Waals surface area contributed by atoms with Crippen LogP contribution in [0.4, 0.5) is 18.0 Å². The largest absolute Gasteiger partial charge is 0.480 e. The number of nitrogens with zero attached hydrogens (tertiary/aromatic N) is 1. The molecule has 0 aromatic rings. The number of amides is 2. The van der Waals surface area contributed by atoms with Gasteiger partial charge in [0.05, 0.1) is 0 Å². The average molecular weight is 294 g/mol. The lowest BCUT2D eigenvalue weighted by molar-refractivity contribution is -0.139. The van der Waals surface area contributed by atoms with Gasteiger partial charge in [-0.25, -0.2) is 9.59 Å². The van der Waals surface area contributed by atoms with Crippen molar-refractivity contribution in [3.63, 3.8) is 0 Å². The van der Waals surface area contributed by atoms with Gasteiger partial charge in [-0.1, -0.05) is 19.4 Å². The Bertz CT molecular complexity index is 407. The van der Waals surface area contributed by atoms with Gasteiger partial charge in [0.25, 0.3) is 0 Å². The predicted molar refractivity (Wildman–Crippen MR) is 65.2 cm³/mol. The van der Waals surface area contributed by atoms with E-state index in [9.17, 15) is 22.8 Å². The molecule has 0 aliphatic carbocycles. The van der Waals surface area contributed by atoms with E-state index < -0.39 is 29.8 Å². The van der Waals surface area contributed by atoms with Crippen LogP contribution in [0.2, 0.25) is 0 Å². The van der Waals surface area contributed by atoms with Crippen LogP contribution in [0.1, 0.15) is 26.2 Å². The molecule has 0 fully saturated rings. The van der Waals surface area contributed by atoms with Crippen molar-refractivity contribution in [3.8, 4) is 0 Å². The Balaban J connectivity index is 2.58. The standard InChI is InChI=1S/C12H17F3N2O3/c1-2-3-9(10(18)19)16-11(20)17-6-4-8(5-7-17)12(13,14)15/h4,9H,2-3,5-7H2,1H3,(H,16,20)(H,18,19)/t9-/m0/s1. The fourth-order valence-corrected chi connectivity index (χ4v) is 1.90. The molecule has 1 atom stereocenters. The minimum absolute atomic E-state index is 0.0738. The van der Waals surface area contributed by atoms with Gasteiger partial charge in [-0.2, -0.15) is 13.2 Å². The first-order valence-corrected chi connectivity index (χ1v) is 6.30. The van der Waals surface area contributed by atoms with Gasteiger partial charge in [-0.3, -0.25) is 0 Å². The summed E-state index contributed by atoms with van der Waals surface area (Å²) >= 11 is 0. The predicted octanol–water partition coefficient (Wildman–Crippen LogP) is 2.14. The van der Waals surface area contributed by atoms with E-state index in [-0.39, 0.29) is 25.9 Å². The molecule has 1 heterocycles. The number of hydrogen-bond donors (Lipinski definition) is 2. The van der Waals surface area contributed by atoms with Crippen molar-refractivity contribution in [2.24, 2.45) is 0 Å². The smallest absolute Gasteiger partial charge is 0.412 e. The van der Waals surface area contributed by atoms with E-state index in [0.29, 0.717) is 6.42 Å². The number of carboxylic acids is 1. The van der Waals surface area contributed by atoms with Gasteiger partial charge >= 0.3 is 18.2 Å². The highest BCUT2D eigenvalue weighted by Crippen LogP contribution is 2.30. The minimum atomic E-state index is -4.37. The van der Waals surface area contributed by atoms with Crippen molar-refractivity contribution in [1.82, 2.24) is 10.2 Å². The van der Waals surface area contributed by atoms with Crippen molar-refractivity contribution in [2.75, 3.05) is 13.1 Å². The number of rotatable bonds is 4. The lowest BCUT2D eigenvalue weighted by atomic mass is 10.1. The van der Waals surface area contributed by atoms with Gasteiger partial charge in [0.2, 0.25) is 0 Å². The monoisotopic (exact) mass is 294 g/mol. The van der Waals surface area contributed by atoms with Crippen molar-refractivity contribution < 1.29 is 27.9 Å². The summed E-state index contributed by atoms with van der Waals surface area (Å²) in [5.74, 6) is -1.15. The molecule has 5 nitrogen and oxygen atoms in total. The molecule has 0 aromatic heterocycles. The number of urea groups is 1. The van der Waals surface area contributed by atoms with Crippen molar-refractivity contribution >= 4 is 12.0 Å². The Kier molecular flexibility index (Phi) is 5.41. The number of alkyl halides is 3. The van der Waals surface area contributed by atoms with E-state index in [2.05, 4.69) is 5.32 Å². The summed E-state index contributed by atoms with van der Waals surface area (Å²) in [6.45, 7) is 1.54. The molecule has 1 rings (SSSR count). The molecular weight excluding hydrogens is 277 g/mol. The van der Waals surface area contributed by atoms with E-state index in [1.165, 1.54) is 4.90 Å². The van der Waals surface area contributed by atoms with E-state index in [0.717, 1.165) is 6.08 Å². The van der Waals surface area contributed by atoms with Gasteiger partial charge < -0.3 is 15.3 Å². The summed E-state index contributed by atoms with van der Waals surface area (Å²) in [5, 5.41) is 11.2. The van der Waals surface area contributed by atoms with Crippen molar-refractivity contribution in [3.05, 3.63) is 11.6 Å². The van der Waals surface area contributed by atoms with Crippen LogP contribution in [0.15, 0.2) is 11.6 Å². The van der Waals surface area contributed by atoms with Crippen LogP contribution in [0.5, 0.6) is 0 Å². The lowest BCUT2D eigenvalue weighted by Crippen LogP contribution is -2.49. The normalized spacial score (nSPS) is 17.4. The summed E-state index contributed by atoms with van der Waals surface area (Å²) in [6, 6.07) is -1.66. The Labute approximate surface area is 114 Å². The molecule has 0 saturated carbocycles. The molecule has 0 saturated heterocycles. The van der Waals surface area contributed by atoms with E-state index in [1.807, 2.05) is 0 Å². The highest BCUT2D eigenvalue weighted by Gasteiger charge is 2.35. The second-order valence-electron chi connectivity index (χ2n) is 4.55. The third kappa shape index (κ3) is 4.43. The Hall–Kier alpha value is -1.73. The molecule has 0 radical (unpaired) electrons. The maximum atomic E-state index is 12.4. The van der Waals surface area contributed by atoms with Crippen LogP contribution in [-0.2, 0) is 4.79 Å². The second-order valence-corrected chi connectivity index (χ2v) is 4.55. The van der Waals surface area contributed by atoms with E-state index in [4.69, 9.17) is 5.11 Å². The first-order chi connectivity index (χ1) is 9.25. The van der Waals surface area contributed by atoms with Crippen LogP contribution < -0.4 is 5.32 Å².